The van der Waals surface area contributed by atoms with E-state index in [0.717, 1.165) is 5.56 Å². The number of allylic oxidation sites excluding steroid dienone is 1. The molecule has 1 nitrogen and oxygen atoms in total. The summed E-state index contributed by atoms with van der Waals surface area (Å²) in [5.41, 5.74) is 1.05. The molecule has 0 saturated heterocycles. The first kappa shape index (κ1) is 8.46. The molecule has 0 aliphatic carbocycles. The highest BCUT2D eigenvalue weighted by molar-refractivity contribution is 14.1. The second kappa shape index (κ2) is 4.28. The van der Waals surface area contributed by atoms with Crippen molar-refractivity contribution in [1.29, 1.82) is 0 Å². The van der Waals surface area contributed by atoms with Crippen molar-refractivity contribution in [2.75, 3.05) is 0 Å². The highest BCUT2D eigenvalue weighted by Gasteiger charge is 1.85. The van der Waals surface area contributed by atoms with Crippen LogP contribution in [0.4, 0.5) is 0 Å². The molecular formula is C9H7IO. The van der Waals surface area contributed by atoms with E-state index in [9.17, 15) is 4.79 Å². The molecule has 0 N–H and O–H groups in total. The molecule has 0 fully saturated rings. The van der Waals surface area contributed by atoms with Crippen LogP contribution in [0.5, 0.6) is 0 Å². The van der Waals surface area contributed by atoms with Gasteiger partial charge in [0.25, 0.3) is 0 Å². The van der Waals surface area contributed by atoms with E-state index in [4.69, 9.17) is 0 Å². The number of rotatable bonds is 2. The summed E-state index contributed by atoms with van der Waals surface area (Å²) in [6, 6.07) is 9.74. The first-order valence-electron chi connectivity index (χ1n) is 3.21. The van der Waals surface area contributed by atoms with E-state index in [1.165, 1.54) is 0 Å². The molecular weight excluding hydrogens is 251 g/mol. The minimum Gasteiger partial charge on any atom is -0.283 e. The summed E-state index contributed by atoms with van der Waals surface area (Å²) in [4.78, 5) is 10.5. The molecule has 0 heterocycles. The zero-order valence-electron chi connectivity index (χ0n) is 5.83. The van der Waals surface area contributed by atoms with Gasteiger partial charge in [0.05, 0.1) is 0 Å². The van der Waals surface area contributed by atoms with Crippen LogP contribution < -0.4 is 0 Å². The maximum atomic E-state index is 10.5. The molecule has 0 bridgehead atoms. The third-order valence-corrected chi connectivity index (χ3v) is 1.57. The number of halogens is 1. The fourth-order valence-electron chi connectivity index (χ4n) is 0.726. The lowest BCUT2D eigenvalue weighted by Crippen LogP contribution is -1.74. The predicted molar refractivity (Wildman–Crippen MR) is 54.5 cm³/mol. The van der Waals surface area contributed by atoms with Gasteiger partial charge in [-0.3, -0.25) is 4.79 Å². The summed E-state index contributed by atoms with van der Waals surface area (Å²) in [5.74, 6) is 0. The first-order valence-corrected chi connectivity index (χ1v) is 4.29. The van der Waals surface area contributed by atoms with E-state index in [1.807, 2.05) is 30.3 Å². The molecule has 0 aromatic heterocycles. The SMILES string of the molecule is O=C(I)/C=C\c1ccccc1. The van der Waals surface area contributed by atoms with Gasteiger partial charge in [0.1, 0.15) is 0 Å². The van der Waals surface area contributed by atoms with Crippen LogP contribution in [-0.2, 0) is 4.79 Å². The highest BCUT2D eigenvalue weighted by Crippen LogP contribution is 2.01. The Bertz CT molecular complexity index is 264. The fourth-order valence-corrected chi connectivity index (χ4v) is 0.906. The van der Waals surface area contributed by atoms with Crippen molar-refractivity contribution in [3.63, 3.8) is 0 Å². The van der Waals surface area contributed by atoms with Crippen LogP contribution in [0.3, 0.4) is 0 Å². The van der Waals surface area contributed by atoms with Gasteiger partial charge in [-0.2, -0.15) is 0 Å². The molecule has 0 unspecified atom stereocenters. The van der Waals surface area contributed by atoms with Gasteiger partial charge in [-0.1, -0.05) is 36.4 Å². The quantitative estimate of drug-likeness (QED) is 0.452. The zero-order valence-corrected chi connectivity index (χ0v) is 7.99. The molecule has 1 aromatic rings. The number of benzene rings is 1. The normalized spacial score (nSPS) is 10.3. The van der Waals surface area contributed by atoms with E-state index >= 15 is 0 Å². The standard InChI is InChI=1S/C9H7IO/c10-9(11)7-6-8-4-2-1-3-5-8/h1-7H/b7-6-. The molecule has 56 valence electrons. The number of hydrogen-bond donors (Lipinski definition) is 0. The Morgan fingerprint density at radius 2 is 1.91 bits per heavy atom. The fraction of sp³-hybridized carbons (Fsp3) is 0. The summed E-state index contributed by atoms with van der Waals surface area (Å²) in [5, 5.41) is 0. The maximum Gasteiger partial charge on any atom is 0.215 e. The lowest BCUT2D eigenvalue weighted by molar-refractivity contribution is -0.105. The average Bonchev–Trinajstić information content (AvgIpc) is 2.03. The van der Waals surface area contributed by atoms with Crippen molar-refractivity contribution in [3.05, 3.63) is 42.0 Å². The molecule has 0 radical (unpaired) electrons. The molecule has 1 aromatic carbocycles. The maximum absolute atomic E-state index is 10.5. The smallest absolute Gasteiger partial charge is 0.215 e. The summed E-state index contributed by atoms with van der Waals surface area (Å²) in [6.45, 7) is 0. The Morgan fingerprint density at radius 3 is 2.45 bits per heavy atom. The van der Waals surface area contributed by atoms with E-state index in [0.29, 0.717) is 0 Å². The van der Waals surface area contributed by atoms with Gasteiger partial charge < -0.3 is 0 Å². The Balaban J connectivity index is 2.72. The molecule has 0 aliphatic rings. The Morgan fingerprint density at radius 1 is 1.27 bits per heavy atom. The summed E-state index contributed by atoms with van der Waals surface area (Å²) in [7, 11) is 0. The van der Waals surface area contributed by atoms with Crippen LogP contribution in [0, 0.1) is 0 Å². The second-order valence-corrected chi connectivity index (χ2v) is 3.11. The van der Waals surface area contributed by atoms with Gasteiger partial charge in [0.2, 0.25) is 3.79 Å². The van der Waals surface area contributed by atoms with Crippen LogP contribution in [0.25, 0.3) is 6.08 Å². The molecule has 11 heavy (non-hydrogen) atoms. The number of hydrogen-bond acceptors (Lipinski definition) is 1. The van der Waals surface area contributed by atoms with Crippen molar-refractivity contribution in [1.82, 2.24) is 0 Å². The van der Waals surface area contributed by atoms with E-state index in [1.54, 1.807) is 34.7 Å². The molecule has 0 spiro atoms. The van der Waals surface area contributed by atoms with Gasteiger partial charge in [-0.25, -0.2) is 0 Å². The van der Waals surface area contributed by atoms with Gasteiger partial charge in [0, 0.05) is 22.6 Å². The lowest BCUT2D eigenvalue weighted by atomic mass is 10.2. The average molecular weight is 258 g/mol. The first-order chi connectivity index (χ1) is 5.29. The van der Waals surface area contributed by atoms with E-state index in [2.05, 4.69) is 0 Å². The van der Waals surface area contributed by atoms with Crippen molar-refractivity contribution < 1.29 is 4.79 Å². The number of carbonyl (C=O) groups is 1. The van der Waals surface area contributed by atoms with Gasteiger partial charge in [0.15, 0.2) is 0 Å². The second-order valence-electron chi connectivity index (χ2n) is 2.05. The van der Waals surface area contributed by atoms with E-state index < -0.39 is 0 Å². The van der Waals surface area contributed by atoms with Crippen LogP contribution in [0.15, 0.2) is 36.4 Å². The largest absolute Gasteiger partial charge is 0.283 e. The van der Waals surface area contributed by atoms with Crippen molar-refractivity contribution in [2.24, 2.45) is 0 Å². The third-order valence-electron chi connectivity index (χ3n) is 1.21. The molecule has 0 atom stereocenters. The van der Waals surface area contributed by atoms with Crippen LogP contribution >= 0.6 is 22.6 Å². The minimum atomic E-state index is 0.0476. The summed E-state index contributed by atoms with van der Waals surface area (Å²) in [6.07, 6.45) is 3.35. The van der Waals surface area contributed by atoms with Crippen LogP contribution in [0.2, 0.25) is 0 Å². The molecule has 1 rings (SSSR count). The Hall–Kier alpha value is -0.640. The Labute approximate surface area is 79.3 Å². The van der Waals surface area contributed by atoms with Crippen LogP contribution in [-0.4, -0.2) is 3.79 Å². The van der Waals surface area contributed by atoms with E-state index in [-0.39, 0.29) is 3.79 Å². The topological polar surface area (TPSA) is 17.1 Å². The Kier molecular flexibility index (Phi) is 3.29. The summed E-state index contributed by atoms with van der Waals surface area (Å²) >= 11 is 1.74. The predicted octanol–water partition coefficient (Wildman–Crippen LogP) is 2.66. The molecule has 2 heteroatoms. The van der Waals surface area contributed by atoms with Crippen LogP contribution in [0.1, 0.15) is 5.56 Å². The third kappa shape index (κ3) is 3.32. The zero-order chi connectivity index (χ0) is 8.10. The molecule has 0 saturated carbocycles. The molecule has 0 amide bonds. The monoisotopic (exact) mass is 258 g/mol. The minimum absolute atomic E-state index is 0.0476. The summed E-state index contributed by atoms with van der Waals surface area (Å²) < 4.78 is 0.0476. The highest BCUT2D eigenvalue weighted by atomic mass is 127. The van der Waals surface area contributed by atoms with Crippen molar-refractivity contribution >= 4 is 32.5 Å². The number of carbonyl (C=O) groups excluding carboxylic acids is 1. The lowest BCUT2D eigenvalue weighted by Gasteiger charge is -1.87. The van der Waals surface area contributed by atoms with Gasteiger partial charge in [-0.05, 0) is 11.6 Å². The van der Waals surface area contributed by atoms with Crippen molar-refractivity contribution in [2.45, 2.75) is 0 Å². The van der Waals surface area contributed by atoms with Crippen molar-refractivity contribution in [3.8, 4) is 0 Å². The van der Waals surface area contributed by atoms with Gasteiger partial charge in [-0.15, -0.1) is 0 Å². The van der Waals surface area contributed by atoms with Gasteiger partial charge >= 0.3 is 0 Å². The molecule has 0 aliphatic heterocycles.